The van der Waals surface area contributed by atoms with Gasteiger partial charge in [0.1, 0.15) is 6.07 Å². The van der Waals surface area contributed by atoms with Gasteiger partial charge in [-0.05, 0) is 19.1 Å². The van der Waals surface area contributed by atoms with E-state index in [2.05, 4.69) is 0 Å². The van der Waals surface area contributed by atoms with Crippen LogP contribution in [-0.4, -0.2) is 5.78 Å². The van der Waals surface area contributed by atoms with Crippen molar-refractivity contribution in [3.8, 4) is 6.07 Å². The first kappa shape index (κ1) is 9.56. The molecule has 1 aromatic rings. The quantitative estimate of drug-likeness (QED) is 0.549. The molecule has 0 aliphatic heterocycles. The summed E-state index contributed by atoms with van der Waals surface area (Å²) < 4.78 is 0. The predicted molar refractivity (Wildman–Crippen MR) is 50.6 cm³/mol. The smallest absolute Gasteiger partial charge is 0.161 e. The van der Waals surface area contributed by atoms with E-state index in [-0.39, 0.29) is 16.4 Å². The Morgan fingerprint density at radius 3 is 2.69 bits per heavy atom. The van der Waals surface area contributed by atoms with E-state index in [1.165, 1.54) is 19.1 Å². The van der Waals surface area contributed by atoms with Gasteiger partial charge in [-0.25, -0.2) is 0 Å². The first-order valence-corrected chi connectivity index (χ1v) is 3.94. The fraction of sp³-hybridized carbons (Fsp3) is 0.111. The SMILES string of the molecule is CC(=O)c1cc(C#N)c(Cl)cc1N. The molecule has 0 heterocycles. The average molecular weight is 195 g/mol. The van der Waals surface area contributed by atoms with Gasteiger partial charge in [0.05, 0.1) is 10.6 Å². The Bertz CT molecular complexity index is 407. The van der Waals surface area contributed by atoms with E-state index in [0.29, 0.717) is 11.3 Å². The normalized spacial score (nSPS) is 9.31. The molecule has 0 radical (unpaired) electrons. The van der Waals surface area contributed by atoms with Crippen LogP contribution in [0.1, 0.15) is 22.8 Å². The molecule has 3 nitrogen and oxygen atoms in total. The van der Waals surface area contributed by atoms with E-state index in [9.17, 15) is 4.79 Å². The number of rotatable bonds is 1. The lowest BCUT2D eigenvalue weighted by Crippen LogP contribution is -2.00. The van der Waals surface area contributed by atoms with E-state index in [1.807, 2.05) is 6.07 Å². The van der Waals surface area contributed by atoms with Crippen molar-refractivity contribution in [1.29, 1.82) is 5.26 Å². The number of Topliss-reactive ketones (excluding diaryl/α,β-unsaturated/α-hetero) is 1. The molecule has 0 aliphatic carbocycles. The largest absolute Gasteiger partial charge is 0.398 e. The lowest BCUT2D eigenvalue weighted by Gasteiger charge is -2.03. The lowest BCUT2D eigenvalue weighted by molar-refractivity contribution is 0.101. The van der Waals surface area contributed by atoms with Crippen LogP contribution in [0, 0.1) is 11.3 Å². The number of carbonyl (C=O) groups excluding carboxylic acids is 1. The Hall–Kier alpha value is -1.53. The van der Waals surface area contributed by atoms with Crippen molar-refractivity contribution in [2.45, 2.75) is 6.92 Å². The monoisotopic (exact) mass is 194 g/mol. The first-order chi connectivity index (χ1) is 6.06. The maximum absolute atomic E-state index is 11.0. The van der Waals surface area contributed by atoms with Gasteiger partial charge >= 0.3 is 0 Å². The van der Waals surface area contributed by atoms with Crippen LogP contribution in [0.3, 0.4) is 0 Å². The van der Waals surface area contributed by atoms with Crippen molar-refractivity contribution in [2.75, 3.05) is 5.73 Å². The number of ketones is 1. The van der Waals surface area contributed by atoms with Gasteiger partial charge in [-0.2, -0.15) is 5.26 Å². The number of hydrogen-bond donors (Lipinski definition) is 1. The number of anilines is 1. The minimum atomic E-state index is -0.175. The Balaban J connectivity index is 3.41. The van der Waals surface area contributed by atoms with E-state index in [4.69, 9.17) is 22.6 Å². The number of carbonyl (C=O) groups is 1. The van der Waals surface area contributed by atoms with E-state index < -0.39 is 0 Å². The third-order valence-electron chi connectivity index (χ3n) is 1.64. The molecule has 13 heavy (non-hydrogen) atoms. The molecule has 0 atom stereocenters. The summed E-state index contributed by atoms with van der Waals surface area (Å²) in [5.41, 5.74) is 6.43. The summed E-state index contributed by atoms with van der Waals surface area (Å²) >= 11 is 5.69. The van der Waals surface area contributed by atoms with Crippen LogP contribution in [-0.2, 0) is 0 Å². The molecule has 66 valence electrons. The molecule has 4 heteroatoms. The highest BCUT2D eigenvalue weighted by Crippen LogP contribution is 2.22. The van der Waals surface area contributed by atoms with Crippen LogP contribution in [0.25, 0.3) is 0 Å². The molecule has 0 saturated heterocycles. The van der Waals surface area contributed by atoms with E-state index in [1.54, 1.807) is 0 Å². The van der Waals surface area contributed by atoms with Gasteiger partial charge in [-0.1, -0.05) is 11.6 Å². The molecule has 1 rings (SSSR count). The fourth-order valence-electron chi connectivity index (χ4n) is 0.979. The topological polar surface area (TPSA) is 66.9 Å². The maximum Gasteiger partial charge on any atom is 0.161 e. The average Bonchev–Trinajstić information content (AvgIpc) is 2.03. The molecule has 0 spiro atoms. The number of hydrogen-bond acceptors (Lipinski definition) is 3. The van der Waals surface area contributed by atoms with Crippen molar-refractivity contribution in [2.24, 2.45) is 0 Å². The number of nitrogens with zero attached hydrogens (tertiary/aromatic N) is 1. The third kappa shape index (κ3) is 1.79. The minimum absolute atomic E-state index is 0.175. The van der Waals surface area contributed by atoms with Gasteiger partial charge in [-0.15, -0.1) is 0 Å². The molecule has 0 aliphatic rings. The number of nitrogens with two attached hydrogens (primary N) is 1. The highest BCUT2D eigenvalue weighted by atomic mass is 35.5. The molecule has 0 unspecified atom stereocenters. The van der Waals surface area contributed by atoms with Gasteiger partial charge in [0.2, 0.25) is 0 Å². The van der Waals surface area contributed by atoms with Gasteiger partial charge in [0.25, 0.3) is 0 Å². The van der Waals surface area contributed by atoms with Gasteiger partial charge in [0.15, 0.2) is 5.78 Å². The number of nitrogen functional groups attached to an aromatic ring is 1. The molecule has 1 aromatic carbocycles. The van der Waals surface area contributed by atoms with Crippen LogP contribution in [0.15, 0.2) is 12.1 Å². The van der Waals surface area contributed by atoms with Crippen molar-refractivity contribution < 1.29 is 4.79 Å². The van der Waals surface area contributed by atoms with Crippen molar-refractivity contribution in [3.05, 3.63) is 28.3 Å². The first-order valence-electron chi connectivity index (χ1n) is 3.56. The Morgan fingerprint density at radius 1 is 1.62 bits per heavy atom. The lowest BCUT2D eigenvalue weighted by atomic mass is 10.1. The summed E-state index contributed by atoms with van der Waals surface area (Å²) in [6.45, 7) is 1.39. The third-order valence-corrected chi connectivity index (χ3v) is 1.95. The molecular formula is C9H7ClN2O. The summed E-state index contributed by atoms with van der Waals surface area (Å²) in [5.74, 6) is -0.175. The standard InChI is InChI=1S/C9H7ClN2O/c1-5(13)7-2-6(4-11)8(10)3-9(7)12/h2-3H,12H2,1H3. The molecule has 0 fully saturated rings. The van der Waals surface area contributed by atoms with Crippen LogP contribution in [0.2, 0.25) is 5.02 Å². The molecule has 0 amide bonds. The van der Waals surface area contributed by atoms with Crippen LogP contribution in [0.4, 0.5) is 5.69 Å². The predicted octanol–water partition coefficient (Wildman–Crippen LogP) is 2.00. The van der Waals surface area contributed by atoms with Gasteiger partial charge in [0, 0.05) is 11.3 Å². The zero-order valence-electron chi connectivity index (χ0n) is 6.97. The van der Waals surface area contributed by atoms with Gasteiger partial charge < -0.3 is 5.73 Å². The summed E-state index contributed by atoms with van der Waals surface area (Å²) in [5, 5.41) is 8.90. The fourth-order valence-corrected chi connectivity index (χ4v) is 1.19. The van der Waals surface area contributed by atoms with E-state index in [0.717, 1.165) is 0 Å². The maximum atomic E-state index is 11.0. The summed E-state index contributed by atoms with van der Waals surface area (Å²) in [6, 6.07) is 4.69. The zero-order valence-corrected chi connectivity index (χ0v) is 7.72. The van der Waals surface area contributed by atoms with Crippen LogP contribution < -0.4 is 5.73 Å². The summed E-state index contributed by atoms with van der Waals surface area (Å²) in [6.07, 6.45) is 0. The van der Waals surface area contributed by atoms with E-state index >= 15 is 0 Å². The van der Waals surface area contributed by atoms with Crippen LogP contribution in [0.5, 0.6) is 0 Å². The Labute approximate surface area is 80.7 Å². The van der Waals surface area contributed by atoms with Crippen LogP contribution >= 0.6 is 11.6 Å². The molecule has 0 aromatic heterocycles. The summed E-state index contributed by atoms with van der Waals surface area (Å²) in [4.78, 5) is 11.0. The summed E-state index contributed by atoms with van der Waals surface area (Å²) in [7, 11) is 0. The zero-order chi connectivity index (χ0) is 10.0. The molecule has 0 saturated carbocycles. The molecule has 2 N–H and O–H groups in total. The van der Waals surface area contributed by atoms with Gasteiger partial charge in [-0.3, -0.25) is 4.79 Å². The van der Waals surface area contributed by atoms with Crippen molar-refractivity contribution in [1.82, 2.24) is 0 Å². The minimum Gasteiger partial charge on any atom is -0.398 e. The Kier molecular flexibility index (Phi) is 2.54. The second-order valence-electron chi connectivity index (χ2n) is 2.59. The highest BCUT2D eigenvalue weighted by Gasteiger charge is 2.09. The number of benzene rings is 1. The van der Waals surface area contributed by atoms with Crippen molar-refractivity contribution in [3.63, 3.8) is 0 Å². The Morgan fingerprint density at radius 2 is 2.23 bits per heavy atom. The molecular weight excluding hydrogens is 188 g/mol. The molecule has 0 bridgehead atoms. The second-order valence-corrected chi connectivity index (χ2v) is 2.99. The number of halogens is 1. The highest BCUT2D eigenvalue weighted by molar-refractivity contribution is 6.32. The second kappa shape index (κ2) is 3.46. The number of nitriles is 1. The van der Waals surface area contributed by atoms with Crippen molar-refractivity contribution >= 4 is 23.1 Å².